The molecule has 1 N–H and O–H groups in total. The fourth-order valence-corrected chi connectivity index (χ4v) is 1.80. The summed E-state index contributed by atoms with van der Waals surface area (Å²) in [6, 6.07) is 6.67. The number of halogens is 1. The summed E-state index contributed by atoms with van der Waals surface area (Å²) < 4.78 is 13.4. The van der Waals surface area contributed by atoms with Gasteiger partial charge in [0.25, 0.3) is 0 Å². The number of benzene rings is 1. The highest BCUT2D eigenvalue weighted by Crippen LogP contribution is 2.18. The van der Waals surface area contributed by atoms with E-state index in [1.165, 1.54) is 6.07 Å². The van der Waals surface area contributed by atoms with Crippen molar-refractivity contribution >= 4 is 5.97 Å². The summed E-state index contributed by atoms with van der Waals surface area (Å²) in [6.45, 7) is 4.38. The Hall–Kier alpha value is -1.42. The Balaban J connectivity index is 2.58. The first-order valence-corrected chi connectivity index (χ1v) is 5.99. The third kappa shape index (κ3) is 4.11. The second kappa shape index (κ2) is 5.96. The average molecular weight is 253 g/mol. The van der Waals surface area contributed by atoms with Crippen molar-refractivity contribution in [1.29, 1.82) is 0 Å². The molecule has 0 radical (unpaired) electrons. The zero-order valence-electron chi connectivity index (χ0n) is 11.1. The van der Waals surface area contributed by atoms with Gasteiger partial charge >= 0.3 is 5.97 Å². The van der Waals surface area contributed by atoms with E-state index in [1.54, 1.807) is 18.2 Å². The molecule has 0 saturated carbocycles. The molecule has 0 bridgehead atoms. The predicted octanol–water partition coefficient (Wildman–Crippen LogP) is 2.55. The number of rotatable bonds is 6. The van der Waals surface area contributed by atoms with E-state index in [0.29, 0.717) is 18.5 Å². The molecule has 0 unspecified atom stereocenters. The maximum absolute atomic E-state index is 13.4. The van der Waals surface area contributed by atoms with E-state index in [2.05, 4.69) is 0 Å². The standard InChI is InChI=1S/C14H20FNO2/c1-14(2,10-13(17)18)16(3)9-8-11-6-4-5-7-12(11)15/h4-7H,8-10H2,1-3H3,(H,17,18). The third-order valence-corrected chi connectivity index (χ3v) is 3.29. The van der Waals surface area contributed by atoms with Crippen LogP contribution >= 0.6 is 0 Å². The number of carboxylic acids is 1. The van der Waals surface area contributed by atoms with Gasteiger partial charge in [0, 0.05) is 12.1 Å². The number of likely N-dealkylation sites (N-methyl/N-ethyl adjacent to an activating group) is 1. The first-order chi connectivity index (χ1) is 8.33. The van der Waals surface area contributed by atoms with Crippen LogP contribution in [0.1, 0.15) is 25.8 Å². The van der Waals surface area contributed by atoms with Crippen molar-refractivity contribution in [3.63, 3.8) is 0 Å². The van der Waals surface area contributed by atoms with E-state index in [1.807, 2.05) is 25.8 Å². The van der Waals surface area contributed by atoms with E-state index in [4.69, 9.17) is 5.11 Å². The molecule has 4 heteroatoms. The highest BCUT2D eigenvalue weighted by molar-refractivity contribution is 5.68. The Labute approximate surface area is 107 Å². The molecule has 18 heavy (non-hydrogen) atoms. The van der Waals surface area contributed by atoms with E-state index in [-0.39, 0.29) is 12.2 Å². The van der Waals surface area contributed by atoms with Crippen LogP contribution in [-0.4, -0.2) is 35.1 Å². The van der Waals surface area contributed by atoms with Crippen LogP contribution in [0, 0.1) is 5.82 Å². The van der Waals surface area contributed by atoms with Gasteiger partial charge in [-0.1, -0.05) is 18.2 Å². The summed E-state index contributed by atoms with van der Waals surface area (Å²) in [7, 11) is 1.86. The summed E-state index contributed by atoms with van der Waals surface area (Å²) in [5, 5.41) is 8.84. The van der Waals surface area contributed by atoms with Gasteiger partial charge in [0.05, 0.1) is 6.42 Å². The van der Waals surface area contributed by atoms with Gasteiger partial charge in [-0.05, 0) is 38.9 Å². The second-order valence-electron chi connectivity index (χ2n) is 5.15. The van der Waals surface area contributed by atoms with Crippen LogP contribution < -0.4 is 0 Å². The van der Waals surface area contributed by atoms with Crippen molar-refractivity contribution in [3.8, 4) is 0 Å². The maximum Gasteiger partial charge on any atom is 0.305 e. The van der Waals surface area contributed by atoms with Crippen molar-refractivity contribution in [2.24, 2.45) is 0 Å². The maximum atomic E-state index is 13.4. The monoisotopic (exact) mass is 253 g/mol. The molecule has 0 aromatic heterocycles. The van der Waals surface area contributed by atoms with Gasteiger partial charge in [0.1, 0.15) is 5.82 Å². The van der Waals surface area contributed by atoms with Crippen molar-refractivity contribution < 1.29 is 14.3 Å². The smallest absolute Gasteiger partial charge is 0.305 e. The number of carboxylic acid groups (broad SMARTS) is 1. The summed E-state index contributed by atoms with van der Waals surface area (Å²) in [6.07, 6.45) is 0.646. The lowest BCUT2D eigenvalue weighted by molar-refractivity contribution is -0.139. The van der Waals surface area contributed by atoms with Crippen molar-refractivity contribution in [2.45, 2.75) is 32.2 Å². The van der Waals surface area contributed by atoms with E-state index in [9.17, 15) is 9.18 Å². The molecule has 100 valence electrons. The molecule has 3 nitrogen and oxygen atoms in total. The minimum Gasteiger partial charge on any atom is -0.481 e. The Bertz CT molecular complexity index is 418. The topological polar surface area (TPSA) is 40.5 Å². The molecule has 0 heterocycles. The molecule has 0 aliphatic heterocycles. The number of nitrogens with zero attached hydrogens (tertiary/aromatic N) is 1. The first kappa shape index (κ1) is 14.6. The summed E-state index contributed by atoms with van der Waals surface area (Å²) >= 11 is 0. The van der Waals surface area contributed by atoms with Gasteiger partial charge in [0.2, 0.25) is 0 Å². The summed E-state index contributed by atoms with van der Waals surface area (Å²) in [4.78, 5) is 12.7. The number of hydrogen-bond acceptors (Lipinski definition) is 2. The number of carbonyl (C=O) groups is 1. The highest BCUT2D eigenvalue weighted by Gasteiger charge is 2.26. The van der Waals surface area contributed by atoms with Gasteiger partial charge in [-0.3, -0.25) is 4.79 Å². The normalized spacial score (nSPS) is 11.8. The van der Waals surface area contributed by atoms with Crippen LogP contribution in [0.5, 0.6) is 0 Å². The molecule has 1 rings (SSSR count). The highest BCUT2D eigenvalue weighted by atomic mass is 19.1. The van der Waals surface area contributed by atoms with Gasteiger partial charge in [-0.2, -0.15) is 0 Å². The van der Waals surface area contributed by atoms with Crippen molar-refractivity contribution in [3.05, 3.63) is 35.6 Å². The number of aliphatic carboxylic acids is 1. The SMILES string of the molecule is CN(CCc1ccccc1F)C(C)(C)CC(=O)O. The molecule has 0 fully saturated rings. The molecule has 0 saturated heterocycles. The largest absolute Gasteiger partial charge is 0.481 e. The molecular formula is C14H20FNO2. The average Bonchev–Trinajstić information content (AvgIpc) is 2.25. The molecule has 1 aromatic rings. The lowest BCUT2D eigenvalue weighted by Gasteiger charge is -2.34. The van der Waals surface area contributed by atoms with Crippen LogP contribution in [0.15, 0.2) is 24.3 Å². The quantitative estimate of drug-likeness (QED) is 0.847. The Morgan fingerprint density at radius 3 is 2.56 bits per heavy atom. The molecule has 1 aromatic carbocycles. The van der Waals surface area contributed by atoms with Crippen LogP contribution in [0.4, 0.5) is 4.39 Å². The minimum absolute atomic E-state index is 0.0702. The Morgan fingerprint density at radius 1 is 1.39 bits per heavy atom. The summed E-state index contributed by atoms with van der Waals surface area (Å²) in [5.41, 5.74) is 0.229. The van der Waals surface area contributed by atoms with Crippen molar-refractivity contribution in [2.75, 3.05) is 13.6 Å². The van der Waals surface area contributed by atoms with Gasteiger partial charge in [-0.15, -0.1) is 0 Å². The minimum atomic E-state index is -0.822. The van der Waals surface area contributed by atoms with Crippen LogP contribution in [0.25, 0.3) is 0 Å². The fourth-order valence-electron chi connectivity index (χ4n) is 1.80. The van der Waals surface area contributed by atoms with Crippen LogP contribution in [0.2, 0.25) is 0 Å². The van der Waals surface area contributed by atoms with E-state index in [0.717, 1.165) is 0 Å². The predicted molar refractivity (Wildman–Crippen MR) is 69.1 cm³/mol. The molecule has 0 amide bonds. The van der Waals surface area contributed by atoms with Crippen LogP contribution in [0.3, 0.4) is 0 Å². The lowest BCUT2D eigenvalue weighted by atomic mass is 9.98. The molecular weight excluding hydrogens is 233 g/mol. The summed E-state index contributed by atoms with van der Waals surface area (Å²) in [5.74, 6) is -1.03. The Morgan fingerprint density at radius 2 is 2.00 bits per heavy atom. The lowest BCUT2D eigenvalue weighted by Crippen LogP contribution is -2.43. The second-order valence-corrected chi connectivity index (χ2v) is 5.15. The molecule has 0 aliphatic rings. The Kier molecular flexibility index (Phi) is 4.84. The fraction of sp³-hybridized carbons (Fsp3) is 0.500. The van der Waals surface area contributed by atoms with Gasteiger partial charge in [-0.25, -0.2) is 4.39 Å². The molecule has 0 aliphatic carbocycles. The van der Waals surface area contributed by atoms with Crippen LogP contribution in [-0.2, 0) is 11.2 Å². The van der Waals surface area contributed by atoms with E-state index < -0.39 is 11.5 Å². The zero-order chi connectivity index (χ0) is 13.8. The van der Waals surface area contributed by atoms with Gasteiger partial charge in [0.15, 0.2) is 0 Å². The molecule has 0 atom stereocenters. The van der Waals surface area contributed by atoms with Gasteiger partial charge < -0.3 is 10.0 Å². The number of hydrogen-bond donors (Lipinski definition) is 1. The first-order valence-electron chi connectivity index (χ1n) is 5.99. The van der Waals surface area contributed by atoms with Crippen molar-refractivity contribution in [1.82, 2.24) is 4.90 Å². The van der Waals surface area contributed by atoms with E-state index >= 15 is 0 Å². The third-order valence-electron chi connectivity index (χ3n) is 3.29. The zero-order valence-corrected chi connectivity index (χ0v) is 11.1. The molecule has 0 spiro atoms.